The van der Waals surface area contributed by atoms with Crippen LogP contribution in [0.1, 0.15) is 32.5 Å². The summed E-state index contributed by atoms with van der Waals surface area (Å²) in [6, 6.07) is 24.3. The zero-order chi connectivity index (χ0) is 28.8. The molecule has 0 aliphatic carbocycles. The minimum absolute atomic E-state index is 0.162. The number of carbonyl (C=O) groups is 3. The molecule has 2 amide bonds. The van der Waals surface area contributed by atoms with Gasteiger partial charge in [-0.05, 0) is 47.7 Å². The van der Waals surface area contributed by atoms with Gasteiger partial charge < -0.3 is 25.1 Å². The molecular weight excluding hydrogens is 538 g/mol. The number of esters is 1. The third-order valence-electron chi connectivity index (χ3n) is 6.62. The first-order chi connectivity index (χ1) is 19.9. The number of carbonyl (C=O) groups excluding carboxylic acids is 3. The Balaban J connectivity index is 1.44. The first-order valence-electron chi connectivity index (χ1n) is 13.0. The van der Waals surface area contributed by atoms with Crippen LogP contribution < -0.4 is 15.4 Å². The molecule has 3 aromatic carbocycles. The van der Waals surface area contributed by atoms with E-state index in [-0.39, 0.29) is 6.42 Å². The van der Waals surface area contributed by atoms with E-state index in [0.29, 0.717) is 21.9 Å². The summed E-state index contributed by atoms with van der Waals surface area (Å²) >= 11 is 1.27. The van der Waals surface area contributed by atoms with Crippen molar-refractivity contribution < 1.29 is 23.9 Å². The second kappa shape index (κ2) is 12.5. The van der Waals surface area contributed by atoms with Gasteiger partial charge in [0.05, 0.1) is 17.7 Å². The lowest BCUT2D eigenvalue weighted by Gasteiger charge is -2.23. The van der Waals surface area contributed by atoms with Crippen molar-refractivity contribution in [1.29, 1.82) is 0 Å². The highest BCUT2D eigenvalue weighted by atomic mass is 32.1. The number of thiophene rings is 1. The minimum atomic E-state index is -1.28. The number of anilines is 1. The van der Waals surface area contributed by atoms with Crippen LogP contribution in [0.15, 0.2) is 96.5 Å². The molecule has 3 N–H and O–H groups in total. The van der Waals surface area contributed by atoms with Gasteiger partial charge in [0.2, 0.25) is 6.10 Å². The van der Waals surface area contributed by atoms with Gasteiger partial charge in [0.1, 0.15) is 11.8 Å². The van der Waals surface area contributed by atoms with Crippen LogP contribution in [0.2, 0.25) is 0 Å². The lowest BCUT2D eigenvalue weighted by Crippen LogP contribution is -2.44. The van der Waals surface area contributed by atoms with Gasteiger partial charge >= 0.3 is 5.97 Å². The Morgan fingerprint density at radius 2 is 1.73 bits per heavy atom. The minimum Gasteiger partial charge on any atom is -0.495 e. The molecule has 0 aliphatic rings. The number of hydrogen-bond donors (Lipinski definition) is 3. The maximum absolute atomic E-state index is 13.8. The highest BCUT2D eigenvalue weighted by Gasteiger charge is 2.31. The van der Waals surface area contributed by atoms with Crippen LogP contribution in [0, 0.1) is 6.92 Å². The molecule has 0 radical (unpaired) electrons. The van der Waals surface area contributed by atoms with E-state index in [9.17, 15) is 14.4 Å². The summed E-state index contributed by atoms with van der Waals surface area (Å²) in [6.45, 7) is 1.90. The molecule has 0 bridgehead atoms. The number of para-hydroxylation sites is 1. The fourth-order valence-electron chi connectivity index (χ4n) is 4.57. The molecule has 5 rings (SSSR count). The second-order valence-electron chi connectivity index (χ2n) is 9.49. The summed E-state index contributed by atoms with van der Waals surface area (Å²) in [4.78, 5) is 44.1. The lowest BCUT2D eigenvalue weighted by atomic mass is 10.0. The monoisotopic (exact) mass is 567 g/mol. The van der Waals surface area contributed by atoms with Crippen LogP contribution in [0.4, 0.5) is 5.69 Å². The maximum Gasteiger partial charge on any atom is 0.330 e. The molecule has 0 fully saturated rings. The van der Waals surface area contributed by atoms with Crippen LogP contribution in [0.3, 0.4) is 0 Å². The van der Waals surface area contributed by atoms with Gasteiger partial charge in [0, 0.05) is 29.1 Å². The van der Waals surface area contributed by atoms with Crippen LogP contribution in [0.5, 0.6) is 5.75 Å². The molecule has 0 aliphatic heterocycles. The molecule has 0 spiro atoms. The SMILES string of the molecule is COc1ccc(C)cc1NC(=O)C(OC(=O)C(Cc1c[nH]c2ccccc12)NC(=O)c1cccs1)c1ccccc1. The van der Waals surface area contributed by atoms with Gasteiger partial charge in [-0.15, -0.1) is 11.3 Å². The van der Waals surface area contributed by atoms with Crippen molar-refractivity contribution >= 4 is 45.7 Å². The van der Waals surface area contributed by atoms with Crippen molar-refractivity contribution in [1.82, 2.24) is 10.3 Å². The molecule has 208 valence electrons. The molecule has 8 nitrogen and oxygen atoms in total. The third-order valence-corrected chi connectivity index (χ3v) is 7.49. The number of aromatic nitrogens is 1. The molecule has 2 atom stereocenters. The topological polar surface area (TPSA) is 110 Å². The number of rotatable bonds is 10. The molecule has 0 saturated carbocycles. The summed E-state index contributed by atoms with van der Waals surface area (Å²) in [5.41, 5.74) is 3.60. The van der Waals surface area contributed by atoms with Gasteiger partial charge in [-0.3, -0.25) is 9.59 Å². The fraction of sp³-hybridized carbons (Fsp3) is 0.156. The van der Waals surface area contributed by atoms with Gasteiger partial charge in [0.15, 0.2) is 0 Å². The highest BCUT2D eigenvalue weighted by Crippen LogP contribution is 2.28. The summed E-state index contributed by atoms with van der Waals surface area (Å²) in [7, 11) is 1.51. The zero-order valence-electron chi connectivity index (χ0n) is 22.5. The van der Waals surface area contributed by atoms with E-state index >= 15 is 0 Å². The van der Waals surface area contributed by atoms with Gasteiger partial charge in [-0.1, -0.05) is 60.7 Å². The standard InChI is InChI=1S/C32H29N3O5S/c1-20-14-15-27(39-2)25(17-20)34-31(37)29(21-9-4-3-5-10-21)40-32(38)26(35-30(36)28-13-8-16-41-28)18-22-19-33-24-12-7-6-11-23(22)24/h3-17,19,26,29,33H,18H2,1-2H3,(H,34,37)(H,35,36). The maximum atomic E-state index is 13.8. The quantitative estimate of drug-likeness (QED) is 0.185. The summed E-state index contributed by atoms with van der Waals surface area (Å²) < 4.78 is 11.3. The van der Waals surface area contributed by atoms with Crippen LogP contribution in [0.25, 0.3) is 10.9 Å². The van der Waals surface area contributed by atoms with Crippen LogP contribution in [-0.2, 0) is 20.7 Å². The average molecular weight is 568 g/mol. The summed E-state index contributed by atoms with van der Waals surface area (Å²) in [5, 5.41) is 8.39. The molecular formula is C32H29N3O5S. The molecule has 9 heteroatoms. The smallest absolute Gasteiger partial charge is 0.330 e. The number of ether oxygens (including phenoxy) is 2. The van der Waals surface area contributed by atoms with Gasteiger partial charge in [-0.2, -0.15) is 0 Å². The number of benzene rings is 3. The van der Waals surface area contributed by atoms with E-state index in [1.165, 1.54) is 18.4 Å². The molecule has 2 heterocycles. The van der Waals surface area contributed by atoms with Crippen molar-refractivity contribution in [3.63, 3.8) is 0 Å². The Hall–Kier alpha value is -4.89. The van der Waals surface area contributed by atoms with E-state index in [2.05, 4.69) is 15.6 Å². The molecule has 41 heavy (non-hydrogen) atoms. The normalized spacial score (nSPS) is 12.3. The van der Waals surface area contributed by atoms with E-state index in [1.54, 1.807) is 53.9 Å². The van der Waals surface area contributed by atoms with E-state index < -0.39 is 29.9 Å². The summed E-state index contributed by atoms with van der Waals surface area (Å²) in [5.74, 6) is -1.21. The first-order valence-corrected chi connectivity index (χ1v) is 13.9. The van der Waals surface area contributed by atoms with Crippen molar-refractivity contribution in [3.05, 3.63) is 118 Å². The number of amides is 2. The average Bonchev–Trinajstić information content (AvgIpc) is 3.67. The van der Waals surface area contributed by atoms with Crippen molar-refractivity contribution in [2.75, 3.05) is 12.4 Å². The molecule has 2 aromatic heterocycles. The van der Waals surface area contributed by atoms with Gasteiger partial charge in [0.25, 0.3) is 11.8 Å². The molecule has 2 unspecified atom stereocenters. The predicted octanol–water partition coefficient (Wildman–Crippen LogP) is 5.81. The predicted molar refractivity (Wildman–Crippen MR) is 159 cm³/mol. The lowest BCUT2D eigenvalue weighted by molar-refractivity contribution is -0.156. The van der Waals surface area contributed by atoms with Crippen molar-refractivity contribution in [3.8, 4) is 5.75 Å². The zero-order valence-corrected chi connectivity index (χ0v) is 23.4. The third kappa shape index (κ3) is 6.47. The Bertz CT molecular complexity index is 1660. The van der Waals surface area contributed by atoms with Crippen LogP contribution in [-0.4, -0.2) is 35.9 Å². The molecule has 0 saturated heterocycles. The second-order valence-corrected chi connectivity index (χ2v) is 10.4. The first kappa shape index (κ1) is 27.7. The van der Waals surface area contributed by atoms with Crippen LogP contribution >= 0.6 is 11.3 Å². The Kier molecular flexibility index (Phi) is 8.45. The number of methoxy groups -OCH3 is 1. The summed E-state index contributed by atoms with van der Waals surface area (Å²) in [6.07, 6.45) is 0.695. The van der Waals surface area contributed by atoms with E-state index in [1.807, 2.05) is 49.5 Å². The fourth-order valence-corrected chi connectivity index (χ4v) is 5.19. The Labute approximate surface area is 241 Å². The molecule has 5 aromatic rings. The number of aryl methyl sites for hydroxylation is 1. The van der Waals surface area contributed by atoms with Crippen molar-refractivity contribution in [2.45, 2.75) is 25.5 Å². The largest absolute Gasteiger partial charge is 0.495 e. The number of hydrogen-bond acceptors (Lipinski definition) is 6. The van der Waals surface area contributed by atoms with E-state index in [4.69, 9.17) is 9.47 Å². The highest BCUT2D eigenvalue weighted by molar-refractivity contribution is 7.12. The number of fused-ring (bicyclic) bond motifs is 1. The van der Waals surface area contributed by atoms with Crippen molar-refractivity contribution in [2.24, 2.45) is 0 Å². The number of H-pyrrole nitrogens is 1. The Morgan fingerprint density at radius 1 is 0.951 bits per heavy atom. The number of aromatic amines is 1. The number of nitrogens with one attached hydrogen (secondary N) is 3. The Morgan fingerprint density at radius 3 is 2.49 bits per heavy atom. The van der Waals surface area contributed by atoms with E-state index in [0.717, 1.165) is 22.0 Å². The van der Waals surface area contributed by atoms with Gasteiger partial charge in [-0.25, -0.2) is 4.79 Å².